The van der Waals surface area contributed by atoms with Crippen LogP contribution in [0.4, 0.5) is 4.79 Å². The highest BCUT2D eigenvalue weighted by atomic mass is 16.6. The van der Waals surface area contributed by atoms with E-state index in [0.717, 1.165) is 29.3 Å². The van der Waals surface area contributed by atoms with Crippen molar-refractivity contribution in [2.24, 2.45) is 7.05 Å². The van der Waals surface area contributed by atoms with Crippen LogP contribution in [0, 0.1) is 6.92 Å². The molecule has 0 spiro atoms. The molecule has 0 atom stereocenters. The molecule has 0 aliphatic carbocycles. The Morgan fingerprint density at radius 1 is 1.15 bits per heavy atom. The van der Waals surface area contributed by atoms with Crippen LogP contribution in [-0.2, 0) is 11.8 Å². The van der Waals surface area contributed by atoms with E-state index in [1.807, 2.05) is 59.1 Å². The number of ether oxygens (including phenoxy) is 1. The molecule has 1 N–H and O–H groups in total. The summed E-state index contributed by atoms with van der Waals surface area (Å²) in [5, 5.41) is 25.4. The number of likely N-dealkylation sites (tertiary alicyclic amines) is 1. The first-order chi connectivity index (χ1) is 16.1. The first kappa shape index (κ1) is 22.1. The van der Waals surface area contributed by atoms with Gasteiger partial charge in [0.25, 0.3) is 0 Å². The van der Waals surface area contributed by atoms with Gasteiger partial charge in [-0.25, -0.2) is 9.78 Å². The van der Waals surface area contributed by atoms with Gasteiger partial charge in [0.2, 0.25) is 5.65 Å². The van der Waals surface area contributed by atoms with Gasteiger partial charge >= 0.3 is 6.09 Å². The average molecular weight is 464 g/mol. The highest BCUT2D eigenvalue weighted by molar-refractivity contribution is 5.91. The van der Waals surface area contributed by atoms with E-state index >= 15 is 0 Å². The number of aromatic hydroxyl groups is 1. The van der Waals surface area contributed by atoms with E-state index in [1.165, 1.54) is 0 Å². The standard InChI is InChI=1S/C24H29N7O3/c1-14-20-15(13-29(5)27-20)12-17(21(14)32)18-6-7-19-22(25-18)28-31(26-19)16-8-10-30(11-9-16)23(33)34-24(2,3)4/h6-7,12-13,16,32H,8-11H2,1-5H3. The second-order valence-electron chi connectivity index (χ2n) is 9.90. The molecular formula is C24H29N7O3. The zero-order chi connectivity index (χ0) is 24.2. The summed E-state index contributed by atoms with van der Waals surface area (Å²) in [6, 6.07) is 5.71. The third-order valence-corrected chi connectivity index (χ3v) is 6.10. The van der Waals surface area contributed by atoms with Gasteiger partial charge in [0.1, 0.15) is 16.9 Å². The van der Waals surface area contributed by atoms with Crippen molar-refractivity contribution in [3.8, 4) is 17.0 Å². The number of aromatic nitrogens is 6. The number of phenolic OH excluding ortho intramolecular Hbond substituents is 1. The number of carbonyl (C=O) groups is 1. The van der Waals surface area contributed by atoms with Gasteiger partial charge in [0.05, 0.1) is 17.3 Å². The molecule has 10 nitrogen and oxygen atoms in total. The Hall–Kier alpha value is -3.69. The number of rotatable bonds is 2. The lowest BCUT2D eigenvalue weighted by molar-refractivity contribution is 0.0180. The number of aryl methyl sites for hydroxylation is 2. The maximum atomic E-state index is 12.3. The van der Waals surface area contributed by atoms with E-state index in [9.17, 15) is 9.90 Å². The summed E-state index contributed by atoms with van der Waals surface area (Å²) in [6.07, 6.45) is 3.12. The molecule has 1 saturated heterocycles. The zero-order valence-corrected chi connectivity index (χ0v) is 20.1. The molecule has 1 aliphatic heterocycles. The summed E-state index contributed by atoms with van der Waals surface area (Å²) in [5.41, 5.74) is 3.47. The van der Waals surface area contributed by atoms with Crippen molar-refractivity contribution in [2.45, 2.75) is 52.2 Å². The number of piperidine rings is 1. The summed E-state index contributed by atoms with van der Waals surface area (Å²) in [7, 11) is 1.86. The van der Waals surface area contributed by atoms with Gasteiger partial charge in [-0.15, -0.1) is 5.10 Å². The normalized spacial score (nSPS) is 15.4. The molecule has 3 aromatic heterocycles. The maximum Gasteiger partial charge on any atom is 0.410 e. The van der Waals surface area contributed by atoms with Gasteiger partial charge in [-0.1, -0.05) is 0 Å². The second-order valence-corrected chi connectivity index (χ2v) is 9.90. The van der Waals surface area contributed by atoms with E-state index in [4.69, 9.17) is 9.72 Å². The smallest absolute Gasteiger partial charge is 0.410 e. The van der Waals surface area contributed by atoms with Crippen LogP contribution in [0.2, 0.25) is 0 Å². The Labute approximate surface area is 197 Å². The van der Waals surface area contributed by atoms with Crippen molar-refractivity contribution < 1.29 is 14.6 Å². The van der Waals surface area contributed by atoms with Crippen LogP contribution in [-0.4, -0.2) is 64.5 Å². The summed E-state index contributed by atoms with van der Waals surface area (Å²) < 4.78 is 7.21. The molecular weight excluding hydrogens is 434 g/mol. The highest BCUT2D eigenvalue weighted by Crippen LogP contribution is 2.36. The van der Waals surface area contributed by atoms with E-state index < -0.39 is 5.60 Å². The lowest BCUT2D eigenvalue weighted by Crippen LogP contribution is -2.42. The quantitative estimate of drug-likeness (QED) is 0.479. The number of hydrogen-bond donors (Lipinski definition) is 1. The van der Waals surface area contributed by atoms with Gasteiger partial charge in [-0.05, 0) is 58.7 Å². The Morgan fingerprint density at radius 3 is 2.59 bits per heavy atom. The topological polar surface area (TPSA) is 111 Å². The number of nitrogens with zero attached hydrogens (tertiary/aromatic N) is 7. The van der Waals surface area contributed by atoms with Crippen LogP contribution in [0.3, 0.4) is 0 Å². The molecule has 0 radical (unpaired) electrons. The SMILES string of the molecule is Cc1c(O)c(-c2ccc3nn(C4CCN(C(=O)OC(C)(C)C)CC4)nc3n2)cc2cn(C)nc12. The highest BCUT2D eigenvalue weighted by Gasteiger charge is 2.28. The summed E-state index contributed by atoms with van der Waals surface area (Å²) in [5.74, 6) is 0.167. The Kier molecular flexibility index (Phi) is 5.18. The minimum atomic E-state index is -0.507. The molecule has 1 aliphatic rings. The molecule has 10 heteroatoms. The molecule has 178 valence electrons. The molecule has 34 heavy (non-hydrogen) atoms. The van der Waals surface area contributed by atoms with Crippen LogP contribution < -0.4 is 0 Å². The minimum absolute atomic E-state index is 0.0822. The predicted molar refractivity (Wildman–Crippen MR) is 128 cm³/mol. The predicted octanol–water partition coefficient (Wildman–Crippen LogP) is 3.97. The van der Waals surface area contributed by atoms with Crippen molar-refractivity contribution >= 4 is 28.2 Å². The summed E-state index contributed by atoms with van der Waals surface area (Å²) in [6.45, 7) is 8.64. The number of carbonyl (C=O) groups excluding carboxylic acids is 1. The number of fused-ring (bicyclic) bond motifs is 2. The first-order valence-corrected chi connectivity index (χ1v) is 11.5. The molecule has 4 aromatic rings. The fourth-order valence-electron chi connectivity index (χ4n) is 4.38. The Bertz CT molecular complexity index is 1390. The van der Waals surface area contributed by atoms with Gasteiger partial charge in [-0.3, -0.25) is 4.68 Å². The average Bonchev–Trinajstić information content (AvgIpc) is 3.37. The number of pyridine rings is 1. The lowest BCUT2D eigenvalue weighted by atomic mass is 10.0. The molecule has 1 aromatic carbocycles. The number of amides is 1. The van der Waals surface area contributed by atoms with Crippen LogP contribution in [0.15, 0.2) is 24.4 Å². The number of hydrogen-bond acceptors (Lipinski definition) is 7. The molecule has 0 saturated carbocycles. The third-order valence-electron chi connectivity index (χ3n) is 6.10. The van der Waals surface area contributed by atoms with Crippen LogP contribution >= 0.6 is 0 Å². The van der Waals surface area contributed by atoms with Gasteiger partial charge < -0.3 is 14.7 Å². The van der Waals surface area contributed by atoms with E-state index in [1.54, 1.807) is 14.4 Å². The monoisotopic (exact) mass is 463 g/mol. The lowest BCUT2D eigenvalue weighted by Gasteiger charge is -2.32. The van der Waals surface area contributed by atoms with Gasteiger partial charge in [0.15, 0.2) is 0 Å². The van der Waals surface area contributed by atoms with Crippen molar-refractivity contribution in [1.82, 2.24) is 34.7 Å². The summed E-state index contributed by atoms with van der Waals surface area (Å²) in [4.78, 5) is 20.5. The fraction of sp³-hybridized carbons (Fsp3) is 0.458. The van der Waals surface area contributed by atoms with Crippen LogP contribution in [0.25, 0.3) is 33.3 Å². The number of phenols is 1. The number of benzene rings is 1. The molecule has 1 amide bonds. The van der Waals surface area contributed by atoms with Crippen LogP contribution in [0.1, 0.15) is 45.2 Å². The zero-order valence-electron chi connectivity index (χ0n) is 20.1. The Morgan fingerprint density at radius 2 is 1.88 bits per heavy atom. The molecule has 4 heterocycles. The first-order valence-electron chi connectivity index (χ1n) is 11.5. The fourth-order valence-corrected chi connectivity index (χ4v) is 4.38. The van der Waals surface area contributed by atoms with Gasteiger partial charge in [-0.2, -0.15) is 15.0 Å². The van der Waals surface area contributed by atoms with E-state index in [-0.39, 0.29) is 17.9 Å². The second kappa shape index (κ2) is 7.96. The molecule has 0 unspecified atom stereocenters. The largest absolute Gasteiger partial charge is 0.507 e. The van der Waals surface area contributed by atoms with E-state index in [0.29, 0.717) is 35.5 Å². The summed E-state index contributed by atoms with van der Waals surface area (Å²) >= 11 is 0. The van der Waals surface area contributed by atoms with Crippen molar-refractivity contribution in [3.05, 3.63) is 30.0 Å². The van der Waals surface area contributed by atoms with Gasteiger partial charge in [0, 0.05) is 42.8 Å². The minimum Gasteiger partial charge on any atom is -0.507 e. The molecule has 0 bridgehead atoms. The van der Waals surface area contributed by atoms with Crippen molar-refractivity contribution in [2.75, 3.05) is 13.1 Å². The van der Waals surface area contributed by atoms with Crippen molar-refractivity contribution in [1.29, 1.82) is 0 Å². The molecule has 1 fully saturated rings. The molecule has 5 rings (SSSR count). The third kappa shape index (κ3) is 4.04. The Balaban J connectivity index is 1.38. The maximum absolute atomic E-state index is 12.3. The van der Waals surface area contributed by atoms with Crippen LogP contribution in [0.5, 0.6) is 5.75 Å². The van der Waals surface area contributed by atoms with Crippen molar-refractivity contribution in [3.63, 3.8) is 0 Å². The van der Waals surface area contributed by atoms with E-state index in [2.05, 4.69) is 15.3 Å².